The zero-order valence-corrected chi connectivity index (χ0v) is 11.0. The maximum absolute atomic E-state index is 13.6. The lowest BCUT2D eigenvalue weighted by Gasteiger charge is -2.09. The summed E-state index contributed by atoms with van der Waals surface area (Å²) in [7, 11) is 0. The third-order valence-electron chi connectivity index (χ3n) is 2.62. The molecule has 0 atom stereocenters. The van der Waals surface area contributed by atoms with Crippen molar-refractivity contribution in [1.82, 2.24) is 0 Å². The highest BCUT2D eigenvalue weighted by atomic mass is 35.5. The van der Waals surface area contributed by atoms with Gasteiger partial charge in [0, 0.05) is 5.69 Å². The van der Waals surface area contributed by atoms with Gasteiger partial charge in [0.15, 0.2) is 17.4 Å². The average molecular weight is 317 g/mol. The normalized spacial score (nSPS) is 10.5. The molecule has 2 rings (SSSR count). The topological polar surface area (TPSA) is 75.3 Å². The summed E-state index contributed by atoms with van der Waals surface area (Å²) in [4.78, 5) is 11.8. The molecule has 2 aromatic rings. The van der Waals surface area contributed by atoms with Crippen LogP contribution in [0.3, 0.4) is 0 Å². The van der Waals surface area contributed by atoms with Crippen LogP contribution < -0.4 is 11.1 Å². The minimum atomic E-state index is -1.77. The molecule has 0 saturated carbocycles. The molecule has 0 aliphatic carbocycles. The van der Waals surface area contributed by atoms with Crippen LogP contribution in [0, 0.1) is 17.5 Å². The third kappa shape index (κ3) is 2.87. The van der Waals surface area contributed by atoms with Crippen LogP contribution in [-0.2, 0) is 0 Å². The summed E-state index contributed by atoms with van der Waals surface area (Å²) in [6, 6.07) is 4.47. The smallest absolute Gasteiger partial charge is 0.258 e. The van der Waals surface area contributed by atoms with Gasteiger partial charge in [-0.3, -0.25) is 4.79 Å². The quantitative estimate of drug-likeness (QED) is 0.588. The molecule has 0 heterocycles. The first-order chi connectivity index (χ1) is 9.81. The van der Waals surface area contributed by atoms with Crippen molar-refractivity contribution in [2.75, 3.05) is 11.1 Å². The molecule has 0 aliphatic heterocycles. The number of phenolic OH excluding ortho intramolecular Hbond substituents is 1. The Morgan fingerprint density at radius 2 is 1.86 bits per heavy atom. The molecule has 0 unspecified atom stereocenters. The second-order valence-corrected chi connectivity index (χ2v) is 4.48. The SMILES string of the molecule is Nc1ccc(NC(=O)c2cc(F)c(F)c(O)c2F)c(Cl)c1. The molecular formula is C13H8ClF3N2O2. The van der Waals surface area contributed by atoms with Gasteiger partial charge in [-0.25, -0.2) is 8.78 Å². The van der Waals surface area contributed by atoms with Crippen LogP contribution in [0.4, 0.5) is 24.5 Å². The molecule has 1 amide bonds. The minimum absolute atomic E-state index is 0.0792. The van der Waals surface area contributed by atoms with Crippen molar-refractivity contribution < 1.29 is 23.1 Å². The number of hydrogen-bond acceptors (Lipinski definition) is 3. The van der Waals surface area contributed by atoms with Gasteiger partial charge in [0.05, 0.1) is 16.3 Å². The molecule has 2 aromatic carbocycles. The largest absolute Gasteiger partial charge is 0.503 e. The molecule has 21 heavy (non-hydrogen) atoms. The minimum Gasteiger partial charge on any atom is -0.503 e. The van der Waals surface area contributed by atoms with E-state index in [4.69, 9.17) is 22.4 Å². The number of hydrogen-bond donors (Lipinski definition) is 3. The Hall–Kier alpha value is -2.41. The predicted octanol–water partition coefficient (Wildman–Crippen LogP) is 3.30. The first kappa shape index (κ1) is 15.0. The molecule has 4 nitrogen and oxygen atoms in total. The Labute approximate surface area is 121 Å². The number of aromatic hydroxyl groups is 1. The van der Waals surface area contributed by atoms with E-state index >= 15 is 0 Å². The Morgan fingerprint density at radius 1 is 1.19 bits per heavy atom. The highest BCUT2D eigenvalue weighted by Gasteiger charge is 2.22. The number of phenols is 1. The second-order valence-electron chi connectivity index (χ2n) is 4.08. The molecule has 0 aliphatic rings. The number of nitrogens with two attached hydrogens (primary N) is 1. The number of benzene rings is 2. The number of anilines is 2. The number of halogens is 4. The van der Waals surface area contributed by atoms with E-state index in [-0.39, 0.29) is 10.7 Å². The second kappa shape index (κ2) is 5.53. The van der Waals surface area contributed by atoms with Gasteiger partial charge in [-0.05, 0) is 24.3 Å². The van der Waals surface area contributed by atoms with Gasteiger partial charge in [-0.15, -0.1) is 0 Å². The lowest BCUT2D eigenvalue weighted by atomic mass is 10.1. The fourth-order valence-electron chi connectivity index (χ4n) is 1.58. The number of carbonyl (C=O) groups is 1. The van der Waals surface area contributed by atoms with Crippen LogP contribution in [0.5, 0.6) is 5.75 Å². The van der Waals surface area contributed by atoms with Crippen LogP contribution >= 0.6 is 11.6 Å². The molecule has 0 saturated heterocycles. The van der Waals surface area contributed by atoms with Gasteiger partial charge in [0.2, 0.25) is 5.82 Å². The van der Waals surface area contributed by atoms with Crippen molar-refractivity contribution in [1.29, 1.82) is 0 Å². The molecule has 4 N–H and O–H groups in total. The van der Waals surface area contributed by atoms with Crippen LogP contribution in [0.2, 0.25) is 5.02 Å². The van der Waals surface area contributed by atoms with E-state index in [1.165, 1.54) is 18.2 Å². The zero-order chi connectivity index (χ0) is 15.7. The van der Waals surface area contributed by atoms with Gasteiger partial charge in [-0.1, -0.05) is 11.6 Å². The standard InChI is InChI=1S/C13H8ClF3N2O2/c14-7-3-5(18)1-2-9(7)19-13(21)6-4-8(15)11(17)12(20)10(6)16/h1-4,20H,18H2,(H,19,21). The summed E-state index contributed by atoms with van der Waals surface area (Å²) in [6.45, 7) is 0. The highest BCUT2D eigenvalue weighted by molar-refractivity contribution is 6.34. The van der Waals surface area contributed by atoms with Crippen molar-refractivity contribution in [3.8, 4) is 5.75 Å². The van der Waals surface area contributed by atoms with Crippen molar-refractivity contribution >= 4 is 28.9 Å². The van der Waals surface area contributed by atoms with Crippen LogP contribution in [-0.4, -0.2) is 11.0 Å². The number of nitrogens with one attached hydrogen (secondary N) is 1. The Kier molecular flexibility index (Phi) is 3.95. The third-order valence-corrected chi connectivity index (χ3v) is 2.93. The van der Waals surface area contributed by atoms with E-state index in [9.17, 15) is 18.0 Å². The van der Waals surface area contributed by atoms with Gasteiger partial charge in [0.25, 0.3) is 5.91 Å². The summed E-state index contributed by atoms with van der Waals surface area (Å²) >= 11 is 5.82. The van der Waals surface area contributed by atoms with Crippen molar-refractivity contribution in [3.05, 3.63) is 52.3 Å². The van der Waals surface area contributed by atoms with Crippen molar-refractivity contribution in [2.24, 2.45) is 0 Å². The van der Waals surface area contributed by atoms with E-state index in [1.807, 2.05) is 0 Å². The Balaban J connectivity index is 2.37. The Bertz CT molecular complexity index is 738. The molecular weight excluding hydrogens is 309 g/mol. The number of rotatable bonds is 2. The molecule has 0 spiro atoms. The maximum atomic E-state index is 13.6. The summed E-state index contributed by atoms with van der Waals surface area (Å²) < 4.78 is 39.7. The lowest BCUT2D eigenvalue weighted by molar-refractivity contribution is 0.102. The fraction of sp³-hybridized carbons (Fsp3) is 0. The van der Waals surface area contributed by atoms with E-state index in [1.54, 1.807) is 0 Å². The lowest BCUT2D eigenvalue weighted by Crippen LogP contribution is -2.15. The van der Waals surface area contributed by atoms with Gasteiger partial charge < -0.3 is 16.2 Å². The number of carbonyl (C=O) groups excluding carboxylic acids is 1. The van der Waals surface area contributed by atoms with E-state index in [0.717, 1.165) is 0 Å². The summed E-state index contributed by atoms with van der Waals surface area (Å²) in [5, 5.41) is 11.3. The highest BCUT2D eigenvalue weighted by Crippen LogP contribution is 2.28. The predicted molar refractivity (Wildman–Crippen MR) is 71.8 cm³/mol. The van der Waals surface area contributed by atoms with Crippen LogP contribution in [0.15, 0.2) is 24.3 Å². The monoisotopic (exact) mass is 316 g/mol. The van der Waals surface area contributed by atoms with Gasteiger partial charge in [0.1, 0.15) is 0 Å². The van der Waals surface area contributed by atoms with Crippen LogP contribution in [0.25, 0.3) is 0 Å². The van der Waals surface area contributed by atoms with Crippen molar-refractivity contribution in [2.45, 2.75) is 0 Å². The molecule has 0 bridgehead atoms. The summed E-state index contributed by atoms with van der Waals surface area (Å²) in [5.74, 6) is -7.56. The molecule has 8 heteroatoms. The fourth-order valence-corrected chi connectivity index (χ4v) is 1.81. The first-order valence-corrected chi connectivity index (χ1v) is 5.92. The van der Waals surface area contributed by atoms with Crippen LogP contribution in [0.1, 0.15) is 10.4 Å². The maximum Gasteiger partial charge on any atom is 0.258 e. The average Bonchev–Trinajstić information content (AvgIpc) is 2.43. The van der Waals surface area contributed by atoms with E-state index < -0.39 is 34.7 Å². The van der Waals surface area contributed by atoms with Gasteiger partial charge in [-0.2, -0.15) is 4.39 Å². The van der Waals surface area contributed by atoms with Gasteiger partial charge >= 0.3 is 0 Å². The zero-order valence-electron chi connectivity index (χ0n) is 10.3. The Morgan fingerprint density at radius 3 is 2.48 bits per heavy atom. The first-order valence-electron chi connectivity index (χ1n) is 5.54. The summed E-state index contributed by atoms with van der Waals surface area (Å²) in [5.41, 5.74) is 5.05. The van der Waals surface area contributed by atoms with E-state index in [2.05, 4.69) is 5.32 Å². The summed E-state index contributed by atoms with van der Waals surface area (Å²) in [6.07, 6.45) is 0. The molecule has 110 valence electrons. The number of nitrogen functional groups attached to an aromatic ring is 1. The van der Waals surface area contributed by atoms with Crippen molar-refractivity contribution in [3.63, 3.8) is 0 Å². The molecule has 0 radical (unpaired) electrons. The molecule has 0 fully saturated rings. The number of amides is 1. The molecule has 0 aromatic heterocycles. The van der Waals surface area contributed by atoms with E-state index in [0.29, 0.717) is 11.8 Å².